The van der Waals surface area contributed by atoms with Crippen LogP contribution in [0, 0.1) is 21.8 Å². The highest BCUT2D eigenvalue weighted by atomic mass is 35.5. The summed E-state index contributed by atoms with van der Waals surface area (Å²) in [6.07, 6.45) is 1.58. The number of phenols is 1. The molecule has 2 aliphatic heterocycles. The zero-order chi connectivity index (χ0) is 17.1. The lowest BCUT2D eigenvalue weighted by atomic mass is 9.85. The topological polar surface area (TPSA) is 87.9 Å². The van der Waals surface area contributed by atoms with Crippen molar-refractivity contribution in [3.05, 3.63) is 33.6 Å². The van der Waals surface area contributed by atoms with Crippen molar-refractivity contribution in [2.24, 2.45) is 5.92 Å². The quantitative estimate of drug-likeness (QED) is 0.584. The summed E-state index contributed by atoms with van der Waals surface area (Å²) in [6.45, 7) is 4.35. The Morgan fingerprint density at radius 1 is 1.27 bits per heavy atom. The van der Waals surface area contributed by atoms with E-state index in [1.165, 1.54) is 6.07 Å². The van der Waals surface area contributed by atoms with Crippen LogP contribution < -0.4 is 5.32 Å². The Bertz CT molecular complexity index is 593. The number of hydrogen-bond acceptors (Lipinski definition) is 6. The Labute approximate surface area is 163 Å². The molecular formula is C16H24Cl2FN3O4. The van der Waals surface area contributed by atoms with Crippen LogP contribution in [-0.2, 0) is 4.74 Å². The van der Waals surface area contributed by atoms with Crippen molar-refractivity contribution < 1.29 is 19.2 Å². The molecule has 10 heteroatoms. The van der Waals surface area contributed by atoms with Gasteiger partial charge in [0.05, 0.1) is 11.0 Å². The Kier molecular flexibility index (Phi) is 8.99. The number of piperazine rings is 1. The average molecular weight is 412 g/mol. The highest BCUT2D eigenvalue weighted by Crippen LogP contribution is 2.42. The van der Waals surface area contributed by atoms with Crippen molar-refractivity contribution >= 4 is 30.5 Å². The van der Waals surface area contributed by atoms with Gasteiger partial charge in [0, 0.05) is 51.0 Å². The van der Waals surface area contributed by atoms with E-state index in [1.54, 1.807) is 0 Å². The van der Waals surface area contributed by atoms with Crippen LogP contribution in [0.15, 0.2) is 12.1 Å². The second kappa shape index (κ2) is 10.2. The molecule has 1 atom stereocenters. The van der Waals surface area contributed by atoms with Crippen LogP contribution in [0.5, 0.6) is 5.75 Å². The third kappa shape index (κ3) is 4.95. The zero-order valence-corrected chi connectivity index (χ0v) is 15.9. The molecule has 26 heavy (non-hydrogen) atoms. The lowest BCUT2D eigenvalue weighted by molar-refractivity contribution is -0.386. The summed E-state index contributed by atoms with van der Waals surface area (Å²) in [5.74, 6) is -0.942. The molecule has 0 amide bonds. The Hall–Kier alpha value is -1.19. The highest BCUT2D eigenvalue weighted by Gasteiger charge is 2.35. The van der Waals surface area contributed by atoms with Gasteiger partial charge in [-0.05, 0) is 24.8 Å². The van der Waals surface area contributed by atoms with E-state index < -0.39 is 22.2 Å². The summed E-state index contributed by atoms with van der Waals surface area (Å²) in [7, 11) is 0. The predicted octanol–water partition coefficient (Wildman–Crippen LogP) is 2.66. The van der Waals surface area contributed by atoms with E-state index in [2.05, 4.69) is 10.2 Å². The van der Waals surface area contributed by atoms with Crippen LogP contribution in [0.25, 0.3) is 0 Å². The maximum Gasteiger partial charge on any atom is 0.313 e. The van der Waals surface area contributed by atoms with Crippen molar-refractivity contribution in [3.8, 4) is 5.75 Å². The molecule has 148 valence electrons. The van der Waals surface area contributed by atoms with Crippen LogP contribution in [-0.4, -0.2) is 54.3 Å². The number of benzene rings is 1. The van der Waals surface area contributed by atoms with E-state index in [1.807, 2.05) is 0 Å². The van der Waals surface area contributed by atoms with E-state index in [4.69, 9.17) is 4.74 Å². The first-order valence-corrected chi connectivity index (χ1v) is 8.27. The summed E-state index contributed by atoms with van der Waals surface area (Å²) in [5, 5.41) is 24.8. The number of rotatable bonds is 4. The number of nitro groups is 1. The zero-order valence-electron chi connectivity index (χ0n) is 14.2. The monoisotopic (exact) mass is 411 g/mol. The normalized spacial score (nSPS) is 19.9. The fraction of sp³-hybridized carbons (Fsp3) is 0.625. The summed E-state index contributed by atoms with van der Waals surface area (Å²) in [5.41, 5.74) is -0.257. The summed E-state index contributed by atoms with van der Waals surface area (Å²) in [6, 6.07) is 1.77. The lowest BCUT2D eigenvalue weighted by Crippen LogP contribution is -2.47. The lowest BCUT2D eigenvalue weighted by Gasteiger charge is -2.41. The van der Waals surface area contributed by atoms with Gasteiger partial charge in [0.25, 0.3) is 0 Å². The predicted molar refractivity (Wildman–Crippen MR) is 99.9 cm³/mol. The number of ether oxygens (including phenoxy) is 1. The van der Waals surface area contributed by atoms with Gasteiger partial charge in [-0.25, -0.2) is 4.39 Å². The molecule has 2 saturated heterocycles. The maximum absolute atomic E-state index is 14.0. The van der Waals surface area contributed by atoms with E-state index >= 15 is 0 Å². The fourth-order valence-electron chi connectivity index (χ4n) is 3.71. The molecule has 2 heterocycles. The Morgan fingerprint density at radius 3 is 2.46 bits per heavy atom. The number of nitrogens with one attached hydrogen (secondary N) is 1. The van der Waals surface area contributed by atoms with Gasteiger partial charge in [-0.3, -0.25) is 15.0 Å². The van der Waals surface area contributed by atoms with Crippen molar-refractivity contribution in [3.63, 3.8) is 0 Å². The van der Waals surface area contributed by atoms with Crippen LogP contribution in [0.1, 0.15) is 24.4 Å². The molecule has 2 N–H and O–H groups in total. The van der Waals surface area contributed by atoms with E-state index in [-0.39, 0.29) is 36.8 Å². The number of nitrogens with zero attached hydrogens (tertiary/aromatic N) is 2. The van der Waals surface area contributed by atoms with Gasteiger partial charge in [-0.1, -0.05) is 0 Å². The van der Waals surface area contributed by atoms with E-state index in [9.17, 15) is 19.6 Å². The summed E-state index contributed by atoms with van der Waals surface area (Å²) < 4.78 is 19.4. The van der Waals surface area contributed by atoms with Crippen molar-refractivity contribution in [2.75, 3.05) is 39.4 Å². The number of aromatic hydroxyl groups is 1. The van der Waals surface area contributed by atoms with Gasteiger partial charge in [-0.15, -0.1) is 24.8 Å². The SMILES string of the molecule is Cl.Cl.O=[N+]([O-])c1cc(F)cc([C@@H](C2CCOCC2)N2CCNCC2)c1O. The van der Waals surface area contributed by atoms with Crippen LogP contribution in [0.2, 0.25) is 0 Å². The molecule has 2 fully saturated rings. The van der Waals surface area contributed by atoms with Crippen molar-refractivity contribution in [1.82, 2.24) is 10.2 Å². The molecule has 1 aromatic rings. The second-order valence-corrected chi connectivity index (χ2v) is 6.30. The van der Waals surface area contributed by atoms with E-state index in [0.29, 0.717) is 18.8 Å². The first-order valence-electron chi connectivity index (χ1n) is 8.27. The first-order chi connectivity index (χ1) is 11.6. The number of halogens is 3. The van der Waals surface area contributed by atoms with Gasteiger partial charge < -0.3 is 15.2 Å². The highest BCUT2D eigenvalue weighted by molar-refractivity contribution is 5.85. The molecule has 0 unspecified atom stereocenters. The molecule has 7 nitrogen and oxygen atoms in total. The Balaban J connectivity index is 0.00000169. The molecule has 0 radical (unpaired) electrons. The van der Waals surface area contributed by atoms with Crippen molar-refractivity contribution in [1.29, 1.82) is 0 Å². The van der Waals surface area contributed by atoms with Crippen LogP contribution in [0.4, 0.5) is 10.1 Å². The van der Waals surface area contributed by atoms with Crippen LogP contribution >= 0.6 is 24.8 Å². The third-order valence-corrected chi connectivity index (χ3v) is 4.86. The minimum atomic E-state index is -0.735. The molecule has 0 saturated carbocycles. The van der Waals surface area contributed by atoms with Gasteiger partial charge in [0.2, 0.25) is 0 Å². The number of nitro benzene ring substituents is 1. The smallest absolute Gasteiger partial charge is 0.313 e. The van der Waals surface area contributed by atoms with Gasteiger partial charge in [0.1, 0.15) is 5.82 Å². The fourth-order valence-corrected chi connectivity index (χ4v) is 3.71. The van der Waals surface area contributed by atoms with Crippen molar-refractivity contribution in [2.45, 2.75) is 18.9 Å². The standard InChI is InChI=1S/C16H22FN3O4.2ClH/c17-12-9-13(16(21)14(10-12)20(22)23)15(11-1-7-24-8-2-11)19-5-3-18-4-6-19;;/h9-11,15,18,21H,1-8H2;2*1H/t15-;;/m1../s1. The second-order valence-electron chi connectivity index (χ2n) is 6.30. The third-order valence-electron chi connectivity index (χ3n) is 4.86. The first kappa shape index (κ1) is 22.9. The van der Waals surface area contributed by atoms with Gasteiger partial charge in [0.15, 0.2) is 5.75 Å². The van der Waals surface area contributed by atoms with Crippen LogP contribution in [0.3, 0.4) is 0 Å². The minimum absolute atomic E-state index is 0. The minimum Gasteiger partial charge on any atom is -0.502 e. The average Bonchev–Trinajstić information content (AvgIpc) is 2.59. The number of hydrogen-bond donors (Lipinski definition) is 2. The molecule has 3 rings (SSSR count). The largest absolute Gasteiger partial charge is 0.502 e. The molecule has 0 bridgehead atoms. The molecule has 1 aromatic carbocycles. The van der Waals surface area contributed by atoms with Gasteiger partial charge >= 0.3 is 5.69 Å². The molecule has 0 spiro atoms. The summed E-state index contributed by atoms with van der Waals surface area (Å²) in [4.78, 5) is 12.6. The van der Waals surface area contributed by atoms with E-state index in [0.717, 1.165) is 45.1 Å². The summed E-state index contributed by atoms with van der Waals surface area (Å²) >= 11 is 0. The molecule has 2 aliphatic rings. The number of phenolic OH excluding ortho intramolecular Hbond substituents is 1. The molecular weight excluding hydrogens is 388 g/mol. The molecule has 0 aromatic heterocycles. The Morgan fingerprint density at radius 2 is 1.88 bits per heavy atom. The molecule has 0 aliphatic carbocycles. The maximum atomic E-state index is 14.0. The van der Waals surface area contributed by atoms with Gasteiger partial charge in [-0.2, -0.15) is 0 Å².